The van der Waals surface area contributed by atoms with E-state index in [-0.39, 0.29) is 6.04 Å². The Labute approximate surface area is 113 Å². The monoisotopic (exact) mass is 273 g/mol. The summed E-state index contributed by atoms with van der Waals surface area (Å²) in [7, 11) is 0. The van der Waals surface area contributed by atoms with Gasteiger partial charge in [0.15, 0.2) is 0 Å². The van der Waals surface area contributed by atoms with Crippen LogP contribution in [0.15, 0.2) is 24.3 Å². The fraction of sp³-hybridized carbons (Fsp3) is 0.600. The molecule has 4 heteroatoms. The standard InChI is InChI=1S/C15H22F3N/c1-4-11(3)10-14(19-5-2)12-6-8-13(9-7-12)15(16,17)18/h6-9,11,14,19H,4-5,10H2,1-3H3. The lowest BCUT2D eigenvalue weighted by molar-refractivity contribution is -0.137. The van der Waals surface area contributed by atoms with Gasteiger partial charge in [-0.25, -0.2) is 0 Å². The molecule has 1 aromatic carbocycles. The lowest BCUT2D eigenvalue weighted by Crippen LogP contribution is -2.23. The van der Waals surface area contributed by atoms with Crippen LogP contribution in [0.4, 0.5) is 13.2 Å². The minimum absolute atomic E-state index is 0.127. The van der Waals surface area contributed by atoms with Crippen LogP contribution in [0.2, 0.25) is 0 Å². The molecule has 0 bridgehead atoms. The van der Waals surface area contributed by atoms with Crippen molar-refractivity contribution in [3.05, 3.63) is 35.4 Å². The summed E-state index contributed by atoms with van der Waals surface area (Å²) >= 11 is 0. The maximum atomic E-state index is 12.5. The molecule has 0 aliphatic heterocycles. The molecule has 0 aromatic heterocycles. The van der Waals surface area contributed by atoms with Gasteiger partial charge in [-0.2, -0.15) is 13.2 Å². The van der Waals surface area contributed by atoms with Crippen LogP contribution in [0.1, 0.15) is 50.8 Å². The highest BCUT2D eigenvalue weighted by molar-refractivity contribution is 5.26. The van der Waals surface area contributed by atoms with Gasteiger partial charge in [-0.3, -0.25) is 0 Å². The fourth-order valence-electron chi connectivity index (χ4n) is 2.06. The summed E-state index contributed by atoms with van der Waals surface area (Å²) in [6.07, 6.45) is -2.25. The average Bonchev–Trinajstić information content (AvgIpc) is 2.37. The number of alkyl halides is 3. The number of nitrogens with one attached hydrogen (secondary N) is 1. The third-order valence-electron chi connectivity index (χ3n) is 3.43. The van der Waals surface area contributed by atoms with Gasteiger partial charge in [-0.05, 0) is 36.6 Å². The molecule has 1 nitrogen and oxygen atoms in total. The van der Waals surface area contributed by atoms with Crippen molar-refractivity contribution in [3.63, 3.8) is 0 Å². The van der Waals surface area contributed by atoms with E-state index in [9.17, 15) is 13.2 Å². The molecule has 2 atom stereocenters. The highest BCUT2D eigenvalue weighted by Gasteiger charge is 2.30. The molecule has 0 saturated heterocycles. The number of benzene rings is 1. The maximum absolute atomic E-state index is 12.5. The first-order valence-corrected chi connectivity index (χ1v) is 6.79. The van der Waals surface area contributed by atoms with Gasteiger partial charge in [-0.15, -0.1) is 0 Å². The van der Waals surface area contributed by atoms with E-state index in [2.05, 4.69) is 19.2 Å². The largest absolute Gasteiger partial charge is 0.416 e. The van der Waals surface area contributed by atoms with Crippen molar-refractivity contribution in [2.45, 2.75) is 45.8 Å². The molecule has 0 spiro atoms. The predicted molar refractivity (Wildman–Crippen MR) is 71.9 cm³/mol. The van der Waals surface area contributed by atoms with Crippen LogP contribution in [0, 0.1) is 5.92 Å². The van der Waals surface area contributed by atoms with E-state index >= 15 is 0 Å². The van der Waals surface area contributed by atoms with Crippen LogP contribution in [-0.2, 0) is 6.18 Å². The van der Waals surface area contributed by atoms with Crippen LogP contribution >= 0.6 is 0 Å². The predicted octanol–water partition coefficient (Wildman–Crippen LogP) is 4.79. The summed E-state index contributed by atoms with van der Waals surface area (Å²) in [5.41, 5.74) is 0.338. The molecule has 1 aromatic rings. The van der Waals surface area contributed by atoms with Gasteiger partial charge in [0.2, 0.25) is 0 Å². The highest BCUT2D eigenvalue weighted by Crippen LogP contribution is 2.31. The maximum Gasteiger partial charge on any atom is 0.416 e. The Balaban J connectivity index is 2.85. The molecule has 0 radical (unpaired) electrons. The second-order valence-corrected chi connectivity index (χ2v) is 4.98. The molecule has 1 N–H and O–H groups in total. The lowest BCUT2D eigenvalue weighted by Gasteiger charge is -2.22. The van der Waals surface area contributed by atoms with Gasteiger partial charge in [0.05, 0.1) is 5.56 Å². The van der Waals surface area contributed by atoms with E-state index in [1.165, 1.54) is 0 Å². The molecular weight excluding hydrogens is 251 g/mol. The zero-order valence-corrected chi connectivity index (χ0v) is 11.7. The number of halogens is 3. The van der Waals surface area contributed by atoms with E-state index in [0.29, 0.717) is 5.92 Å². The van der Waals surface area contributed by atoms with Gasteiger partial charge in [0.25, 0.3) is 0 Å². The summed E-state index contributed by atoms with van der Waals surface area (Å²) in [6, 6.07) is 5.62. The van der Waals surface area contributed by atoms with E-state index in [1.807, 2.05) is 6.92 Å². The second kappa shape index (κ2) is 6.94. The lowest BCUT2D eigenvalue weighted by atomic mass is 9.93. The summed E-state index contributed by atoms with van der Waals surface area (Å²) in [6.45, 7) is 7.10. The van der Waals surface area contributed by atoms with Crippen LogP contribution in [-0.4, -0.2) is 6.54 Å². The van der Waals surface area contributed by atoms with Crippen molar-refractivity contribution in [3.8, 4) is 0 Å². The van der Waals surface area contributed by atoms with Crippen LogP contribution in [0.25, 0.3) is 0 Å². The minimum Gasteiger partial charge on any atom is -0.310 e. The van der Waals surface area contributed by atoms with E-state index in [0.717, 1.165) is 37.1 Å². The summed E-state index contributed by atoms with van der Waals surface area (Å²) in [5, 5.41) is 3.34. The first-order valence-electron chi connectivity index (χ1n) is 6.79. The summed E-state index contributed by atoms with van der Waals surface area (Å²) in [5.74, 6) is 0.548. The molecule has 0 aliphatic carbocycles. The molecular formula is C15H22F3N. The normalized spacial score (nSPS) is 15.3. The van der Waals surface area contributed by atoms with E-state index in [4.69, 9.17) is 0 Å². The Hall–Kier alpha value is -1.03. The van der Waals surface area contributed by atoms with E-state index < -0.39 is 11.7 Å². The van der Waals surface area contributed by atoms with Gasteiger partial charge < -0.3 is 5.32 Å². The molecule has 0 amide bonds. The van der Waals surface area contributed by atoms with Gasteiger partial charge in [-0.1, -0.05) is 39.3 Å². The van der Waals surface area contributed by atoms with Gasteiger partial charge >= 0.3 is 6.18 Å². The SMILES string of the molecule is CCNC(CC(C)CC)c1ccc(C(F)(F)F)cc1. The first-order chi connectivity index (χ1) is 8.88. The van der Waals surface area contributed by atoms with Crippen LogP contribution in [0.3, 0.4) is 0 Å². The Morgan fingerprint density at radius 3 is 2.11 bits per heavy atom. The van der Waals surface area contributed by atoms with Crippen molar-refractivity contribution in [1.82, 2.24) is 5.32 Å². The topological polar surface area (TPSA) is 12.0 Å². The average molecular weight is 273 g/mol. The van der Waals surface area contributed by atoms with Gasteiger partial charge in [0, 0.05) is 6.04 Å². The fourth-order valence-corrected chi connectivity index (χ4v) is 2.06. The molecule has 0 saturated carbocycles. The second-order valence-electron chi connectivity index (χ2n) is 4.98. The summed E-state index contributed by atoms with van der Waals surface area (Å²) in [4.78, 5) is 0. The third kappa shape index (κ3) is 4.86. The van der Waals surface area contributed by atoms with Crippen molar-refractivity contribution >= 4 is 0 Å². The Morgan fingerprint density at radius 1 is 1.11 bits per heavy atom. The molecule has 108 valence electrons. The summed E-state index contributed by atoms with van der Waals surface area (Å²) < 4.78 is 37.6. The zero-order valence-electron chi connectivity index (χ0n) is 11.7. The molecule has 2 unspecified atom stereocenters. The van der Waals surface area contributed by atoms with E-state index in [1.54, 1.807) is 12.1 Å². The quantitative estimate of drug-likeness (QED) is 0.785. The van der Waals surface area contributed by atoms with Crippen LogP contribution < -0.4 is 5.32 Å². The van der Waals surface area contributed by atoms with Gasteiger partial charge in [0.1, 0.15) is 0 Å². The Morgan fingerprint density at radius 2 is 1.68 bits per heavy atom. The Kier molecular flexibility index (Phi) is 5.85. The number of hydrogen-bond donors (Lipinski definition) is 1. The highest BCUT2D eigenvalue weighted by atomic mass is 19.4. The number of rotatable bonds is 6. The molecule has 19 heavy (non-hydrogen) atoms. The van der Waals surface area contributed by atoms with Crippen molar-refractivity contribution in [2.24, 2.45) is 5.92 Å². The molecule has 0 heterocycles. The molecule has 1 rings (SSSR count). The third-order valence-corrected chi connectivity index (χ3v) is 3.43. The minimum atomic E-state index is -4.26. The Bertz CT molecular complexity index is 370. The van der Waals surface area contributed by atoms with Crippen molar-refractivity contribution in [2.75, 3.05) is 6.54 Å². The van der Waals surface area contributed by atoms with Crippen molar-refractivity contribution < 1.29 is 13.2 Å². The first kappa shape index (κ1) is 16.0. The zero-order chi connectivity index (χ0) is 14.5. The molecule has 0 fully saturated rings. The number of hydrogen-bond acceptors (Lipinski definition) is 1. The molecule has 0 aliphatic rings. The smallest absolute Gasteiger partial charge is 0.310 e. The van der Waals surface area contributed by atoms with Crippen molar-refractivity contribution in [1.29, 1.82) is 0 Å². The van der Waals surface area contributed by atoms with Crippen LogP contribution in [0.5, 0.6) is 0 Å².